The molecule has 15 heavy (non-hydrogen) atoms. The van der Waals surface area contributed by atoms with Crippen molar-refractivity contribution >= 4 is 5.97 Å². The second-order valence-corrected chi connectivity index (χ2v) is 4.13. The highest BCUT2D eigenvalue weighted by Crippen LogP contribution is 2.34. The zero-order valence-corrected chi connectivity index (χ0v) is 8.85. The lowest BCUT2D eigenvalue weighted by Crippen LogP contribution is -2.52. The SMILES string of the molecule is C#CCN1C[C@H]2C=C[C@@H]1[C@H](C(=O)OC)C2. The first kappa shape index (κ1) is 10.3. The van der Waals surface area contributed by atoms with Gasteiger partial charge in [0.25, 0.3) is 0 Å². The van der Waals surface area contributed by atoms with E-state index in [1.54, 1.807) is 0 Å². The normalized spacial score (nSPS) is 33.7. The number of rotatable bonds is 2. The number of ether oxygens (including phenoxy) is 1. The molecular weight excluding hydrogens is 190 g/mol. The number of hydrogen-bond donors (Lipinski definition) is 0. The second-order valence-electron chi connectivity index (χ2n) is 4.13. The van der Waals surface area contributed by atoms with Gasteiger partial charge < -0.3 is 4.74 Å². The third-order valence-electron chi connectivity index (χ3n) is 3.24. The summed E-state index contributed by atoms with van der Waals surface area (Å²) in [4.78, 5) is 13.7. The van der Waals surface area contributed by atoms with E-state index in [-0.39, 0.29) is 17.9 Å². The Balaban J connectivity index is 2.15. The van der Waals surface area contributed by atoms with E-state index in [1.807, 2.05) is 0 Å². The Hall–Kier alpha value is -1.27. The number of piperidine rings is 1. The molecule has 0 unspecified atom stereocenters. The first-order chi connectivity index (χ1) is 7.26. The lowest BCUT2D eigenvalue weighted by atomic mass is 9.77. The molecule has 0 amide bonds. The van der Waals surface area contributed by atoms with Crippen molar-refractivity contribution in [1.82, 2.24) is 4.90 Å². The fraction of sp³-hybridized carbons (Fsp3) is 0.583. The van der Waals surface area contributed by atoms with Gasteiger partial charge in [-0.1, -0.05) is 18.1 Å². The molecule has 0 aromatic heterocycles. The quantitative estimate of drug-likeness (QED) is 0.377. The molecule has 3 aliphatic rings. The topological polar surface area (TPSA) is 29.5 Å². The molecule has 0 aromatic carbocycles. The molecule has 3 nitrogen and oxygen atoms in total. The number of nitrogens with zero attached hydrogens (tertiary/aromatic N) is 1. The van der Waals surface area contributed by atoms with Gasteiger partial charge >= 0.3 is 5.97 Å². The molecule has 0 radical (unpaired) electrons. The molecule has 3 heteroatoms. The van der Waals surface area contributed by atoms with Crippen LogP contribution in [0.3, 0.4) is 0 Å². The molecule has 1 fully saturated rings. The van der Waals surface area contributed by atoms with Crippen molar-refractivity contribution < 1.29 is 9.53 Å². The van der Waals surface area contributed by atoms with Crippen LogP contribution in [0, 0.1) is 24.2 Å². The van der Waals surface area contributed by atoms with Crippen LogP contribution in [-0.4, -0.2) is 37.1 Å². The molecule has 2 aliphatic heterocycles. The van der Waals surface area contributed by atoms with Crippen LogP contribution >= 0.6 is 0 Å². The van der Waals surface area contributed by atoms with E-state index in [4.69, 9.17) is 11.2 Å². The van der Waals surface area contributed by atoms with Crippen LogP contribution in [-0.2, 0) is 9.53 Å². The molecular formula is C12H15NO2. The van der Waals surface area contributed by atoms with Gasteiger partial charge in [0.05, 0.1) is 19.6 Å². The third-order valence-corrected chi connectivity index (χ3v) is 3.24. The summed E-state index contributed by atoms with van der Waals surface area (Å²) in [6, 6.07) is 0.137. The highest BCUT2D eigenvalue weighted by molar-refractivity contribution is 5.74. The molecule has 3 rings (SSSR count). The predicted molar refractivity (Wildman–Crippen MR) is 56.9 cm³/mol. The minimum absolute atomic E-state index is 0.0351. The molecule has 0 aromatic rings. The maximum absolute atomic E-state index is 11.6. The van der Waals surface area contributed by atoms with Crippen molar-refractivity contribution in [3.63, 3.8) is 0 Å². The van der Waals surface area contributed by atoms with Crippen LogP contribution in [0.4, 0.5) is 0 Å². The van der Waals surface area contributed by atoms with Gasteiger partial charge in [0.1, 0.15) is 0 Å². The van der Waals surface area contributed by atoms with Crippen LogP contribution < -0.4 is 0 Å². The first-order valence-corrected chi connectivity index (χ1v) is 5.20. The summed E-state index contributed by atoms with van der Waals surface area (Å²) in [7, 11) is 1.44. The van der Waals surface area contributed by atoms with Crippen molar-refractivity contribution in [2.75, 3.05) is 20.2 Å². The van der Waals surface area contributed by atoms with E-state index in [2.05, 4.69) is 23.0 Å². The van der Waals surface area contributed by atoms with Crippen molar-refractivity contribution in [2.45, 2.75) is 12.5 Å². The Labute approximate surface area is 90.1 Å². The number of terminal acetylenes is 1. The van der Waals surface area contributed by atoms with Crippen LogP contribution in [0.1, 0.15) is 6.42 Å². The summed E-state index contributed by atoms with van der Waals surface area (Å²) in [5, 5.41) is 0. The minimum atomic E-state index is -0.115. The Morgan fingerprint density at radius 3 is 3.07 bits per heavy atom. The van der Waals surface area contributed by atoms with E-state index in [0.717, 1.165) is 13.0 Å². The molecule has 0 spiro atoms. The first-order valence-electron chi connectivity index (χ1n) is 5.20. The Morgan fingerprint density at radius 2 is 2.47 bits per heavy atom. The number of carbonyl (C=O) groups excluding carboxylic acids is 1. The summed E-state index contributed by atoms with van der Waals surface area (Å²) >= 11 is 0. The summed E-state index contributed by atoms with van der Waals surface area (Å²) in [5.41, 5.74) is 0. The number of methoxy groups -OCH3 is 1. The number of hydrogen-bond acceptors (Lipinski definition) is 3. The molecule has 0 N–H and O–H groups in total. The monoisotopic (exact) mass is 205 g/mol. The lowest BCUT2D eigenvalue weighted by molar-refractivity contribution is -0.149. The Kier molecular flexibility index (Phi) is 2.79. The van der Waals surface area contributed by atoms with Gasteiger partial charge in [0, 0.05) is 12.6 Å². The molecule has 80 valence electrons. The van der Waals surface area contributed by atoms with Gasteiger partial charge in [-0.2, -0.15) is 0 Å². The van der Waals surface area contributed by atoms with Crippen LogP contribution in [0.15, 0.2) is 12.2 Å². The highest BCUT2D eigenvalue weighted by Gasteiger charge is 2.41. The zero-order chi connectivity index (χ0) is 10.8. The average molecular weight is 205 g/mol. The lowest BCUT2D eigenvalue weighted by Gasteiger charge is -2.44. The fourth-order valence-electron chi connectivity index (χ4n) is 2.56. The molecule has 2 bridgehead atoms. The van der Waals surface area contributed by atoms with Crippen LogP contribution in [0.5, 0.6) is 0 Å². The zero-order valence-electron chi connectivity index (χ0n) is 8.85. The molecule has 2 heterocycles. The summed E-state index contributed by atoms with van der Waals surface area (Å²) < 4.78 is 4.82. The van der Waals surface area contributed by atoms with Gasteiger partial charge in [0.15, 0.2) is 0 Å². The van der Waals surface area contributed by atoms with E-state index >= 15 is 0 Å². The van der Waals surface area contributed by atoms with Gasteiger partial charge in [-0.25, -0.2) is 0 Å². The number of carbonyl (C=O) groups is 1. The largest absolute Gasteiger partial charge is 0.469 e. The average Bonchev–Trinajstić information content (AvgIpc) is 2.29. The molecule has 3 atom stereocenters. The van der Waals surface area contributed by atoms with Gasteiger partial charge in [-0.15, -0.1) is 6.42 Å². The van der Waals surface area contributed by atoms with Crippen molar-refractivity contribution in [2.24, 2.45) is 11.8 Å². The molecule has 1 saturated heterocycles. The maximum atomic E-state index is 11.6. The Morgan fingerprint density at radius 1 is 1.67 bits per heavy atom. The molecule has 1 aliphatic carbocycles. The number of esters is 1. The summed E-state index contributed by atoms with van der Waals surface area (Å²) in [6.07, 6.45) is 10.5. The van der Waals surface area contributed by atoms with Crippen LogP contribution in [0.25, 0.3) is 0 Å². The maximum Gasteiger partial charge on any atom is 0.310 e. The smallest absolute Gasteiger partial charge is 0.310 e. The van der Waals surface area contributed by atoms with Crippen molar-refractivity contribution in [1.29, 1.82) is 0 Å². The minimum Gasteiger partial charge on any atom is -0.469 e. The summed E-state index contributed by atoms with van der Waals surface area (Å²) in [6.45, 7) is 1.58. The predicted octanol–water partition coefficient (Wildman–Crippen LogP) is 0.669. The van der Waals surface area contributed by atoms with E-state index in [1.165, 1.54) is 7.11 Å². The Bertz CT molecular complexity index is 329. The van der Waals surface area contributed by atoms with Crippen molar-refractivity contribution in [3.8, 4) is 12.3 Å². The highest BCUT2D eigenvalue weighted by atomic mass is 16.5. The van der Waals surface area contributed by atoms with E-state index in [0.29, 0.717) is 12.5 Å². The van der Waals surface area contributed by atoms with Gasteiger partial charge in [-0.05, 0) is 12.3 Å². The standard InChI is InChI=1S/C12H15NO2/c1-3-6-13-8-9-4-5-11(13)10(7-9)12(14)15-2/h1,4-5,9-11H,6-8H2,2H3/t9-,10+,11+/m0/s1. The fourth-order valence-corrected chi connectivity index (χ4v) is 2.56. The van der Waals surface area contributed by atoms with E-state index < -0.39 is 0 Å². The molecule has 0 saturated carbocycles. The third kappa shape index (κ3) is 1.78. The second kappa shape index (κ2) is 4.08. The van der Waals surface area contributed by atoms with E-state index in [9.17, 15) is 4.79 Å². The summed E-state index contributed by atoms with van der Waals surface area (Å²) in [5.74, 6) is 2.94. The van der Waals surface area contributed by atoms with Crippen LogP contribution in [0.2, 0.25) is 0 Å². The van der Waals surface area contributed by atoms with Crippen molar-refractivity contribution in [3.05, 3.63) is 12.2 Å². The van der Waals surface area contributed by atoms with Gasteiger partial charge in [-0.3, -0.25) is 9.69 Å². The number of fused-ring (bicyclic) bond motifs is 2. The van der Waals surface area contributed by atoms with Gasteiger partial charge in [0.2, 0.25) is 0 Å².